The third-order valence-corrected chi connectivity index (χ3v) is 5.55. The summed E-state index contributed by atoms with van der Waals surface area (Å²) in [6.45, 7) is -1.33. The smallest absolute Gasteiger partial charge is 0.298 e. The zero-order valence-electron chi connectivity index (χ0n) is 17.1. The summed E-state index contributed by atoms with van der Waals surface area (Å²) in [5.74, 6) is -4.53. The van der Waals surface area contributed by atoms with Crippen LogP contribution in [-0.2, 0) is 4.79 Å². The third kappa shape index (κ3) is 4.69. The average Bonchev–Trinajstić information content (AvgIpc) is 2.80. The van der Waals surface area contributed by atoms with Gasteiger partial charge < -0.3 is 10.2 Å². The summed E-state index contributed by atoms with van der Waals surface area (Å²) < 4.78 is 26.7. The molecule has 2 amide bonds. The Balaban J connectivity index is 1.45. The number of rotatable bonds is 5. The number of fused-ring (bicyclic) bond motifs is 1. The molecule has 6 nitrogen and oxygen atoms in total. The Morgan fingerprint density at radius 2 is 1.97 bits per heavy atom. The second-order valence-corrected chi connectivity index (χ2v) is 7.98. The number of nitrogens with zero attached hydrogens (tertiary/aromatic N) is 3. The van der Waals surface area contributed by atoms with Crippen LogP contribution in [0, 0.1) is 11.3 Å². The van der Waals surface area contributed by atoms with E-state index in [1.807, 2.05) is 42.5 Å². The Kier molecular flexibility index (Phi) is 6.07. The van der Waals surface area contributed by atoms with E-state index in [9.17, 15) is 18.4 Å². The standard InChI is InChI=1S/C24H17ClF2N4O2/c25-19-6-5-16-9-15(1-3-17(16)10-19)2-4-18-12-29-8-7-20(18)23(33)30-13-22(32)31-14-24(26,27)21(31)11-28/h1-10,12,21H,13-14H2,(H,30,33)/b4-2+. The number of likely N-dealkylation sites (tertiary alicyclic amines) is 1. The number of aromatic nitrogens is 1. The molecule has 1 unspecified atom stereocenters. The molecule has 0 saturated carbocycles. The van der Waals surface area contributed by atoms with Crippen LogP contribution in [-0.4, -0.2) is 46.8 Å². The molecule has 33 heavy (non-hydrogen) atoms. The quantitative estimate of drug-likeness (QED) is 0.611. The Bertz CT molecular complexity index is 1320. The van der Waals surface area contributed by atoms with Gasteiger partial charge in [-0.15, -0.1) is 0 Å². The first kappa shape index (κ1) is 22.4. The number of amides is 2. The number of nitriles is 1. The lowest BCUT2D eigenvalue weighted by atomic mass is 9.99. The maximum atomic E-state index is 13.3. The minimum Gasteiger partial charge on any atom is -0.343 e. The second kappa shape index (κ2) is 8.96. The Morgan fingerprint density at radius 3 is 2.73 bits per heavy atom. The van der Waals surface area contributed by atoms with Gasteiger partial charge >= 0.3 is 0 Å². The van der Waals surface area contributed by atoms with Gasteiger partial charge in [-0.3, -0.25) is 14.6 Å². The van der Waals surface area contributed by atoms with Crippen molar-refractivity contribution in [3.05, 3.63) is 76.6 Å². The number of carbonyl (C=O) groups is 2. The van der Waals surface area contributed by atoms with Gasteiger partial charge in [0.25, 0.3) is 11.8 Å². The van der Waals surface area contributed by atoms with Gasteiger partial charge in [-0.2, -0.15) is 5.26 Å². The van der Waals surface area contributed by atoms with E-state index in [2.05, 4.69) is 10.3 Å². The van der Waals surface area contributed by atoms with Gasteiger partial charge in [0.1, 0.15) is 0 Å². The highest BCUT2D eigenvalue weighted by Crippen LogP contribution is 2.34. The van der Waals surface area contributed by atoms with Gasteiger partial charge in [-0.05, 0) is 40.6 Å². The van der Waals surface area contributed by atoms with Crippen LogP contribution in [0.15, 0.2) is 54.9 Å². The Hall–Kier alpha value is -3.83. The topological polar surface area (TPSA) is 86.1 Å². The molecule has 4 rings (SSSR count). The zero-order chi connectivity index (χ0) is 23.6. The van der Waals surface area contributed by atoms with Crippen LogP contribution in [0.3, 0.4) is 0 Å². The number of carbonyl (C=O) groups excluding carboxylic acids is 2. The first-order chi connectivity index (χ1) is 15.8. The van der Waals surface area contributed by atoms with Crippen LogP contribution in [0.1, 0.15) is 21.5 Å². The number of alkyl halides is 2. The molecule has 1 saturated heterocycles. The molecule has 0 aliphatic carbocycles. The highest BCUT2D eigenvalue weighted by atomic mass is 35.5. The number of nitrogens with one attached hydrogen (secondary N) is 1. The fourth-order valence-electron chi connectivity index (χ4n) is 3.54. The number of halogens is 3. The molecule has 3 aromatic rings. The van der Waals surface area contributed by atoms with E-state index in [0.717, 1.165) is 21.2 Å². The second-order valence-electron chi connectivity index (χ2n) is 7.54. The molecule has 0 radical (unpaired) electrons. The molecule has 2 heterocycles. The normalized spacial score (nSPS) is 16.9. The van der Waals surface area contributed by atoms with E-state index < -0.39 is 36.9 Å². The van der Waals surface area contributed by atoms with Crippen molar-refractivity contribution < 1.29 is 18.4 Å². The van der Waals surface area contributed by atoms with Crippen LogP contribution in [0.5, 0.6) is 0 Å². The summed E-state index contributed by atoms with van der Waals surface area (Å²) in [7, 11) is 0. The molecule has 0 bridgehead atoms. The van der Waals surface area contributed by atoms with E-state index in [1.54, 1.807) is 6.08 Å². The maximum Gasteiger partial charge on any atom is 0.298 e. The summed E-state index contributed by atoms with van der Waals surface area (Å²) in [6.07, 6.45) is 6.50. The lowest BCUT2D eigenvalue weighted by Gasteiger charge is -2.43. The molecular formula is C24H17ClF2N4O2. The highest BCUT2D eigenvalue weighted by Gasteiger charge is 2.57. The van der Waals surface area contributed by atoms with Gasteiger partial charge in [0.2, 0.25) is 5.91 Å². The number of hydrogen-bond donors (Lipinski definition) is 1. The van der Waals surface area contributed by atoms with Crippen molar-refractivity contribution in [2.75, 3.05) is 13.1 Å². The minimum atomic E-state index is -3.23. The Labute approximate surface area is 193 Å². The average molecular weight is 467 g/mol. The van der Waals surface area contributed by atoms with Crippen molar-refractivity contribution in [1.29, 1.82) is 5.26 Å². The number of pyridine rings is 1. The summed E-state index contributed by atoms with van der Waals surface area (Å²) in [5, 5.41) is 13.9. The van der Waals surface area contributed by atoms with Gasteiger partial charge in [0.15, 0.2) is 6.04 Å². The highest BCUT2D eigenvalue weighted by molar-refractivity contribution is 6.31. The third-order valence-electron chi connectivity index (χ3n) is 5.31. The summed E-state index contributed by atoms with van der Waals surface area (Å²) in [4.78, 5) is 29.6. The molecule has 9 heteroatoms. The van der Waals surface area contributed by atoms with Crippen molar-refractivity contribution in [1.82, 2.24) is 15.2 Å². The van der Waals surface area contributed by atoms with Crippen molar-refractivity contribution in [2.45, 2.75) is 12.0 Å². The van der Waals surface area contributed by atoms with E-state index in [4.69, 9.17) is 16.9 Å². The molecule has 1 aliphatic rings. The number of hydrogen-bond acceptors (Lipinski definition) is 4. The van der Waals surface area contributed by atoms with E-state index in [1.165, 1.54) is 24.5 Å². The van der Waals surface area contributed by atoms with Gasteiger partial charge in [0, 0.05) is 28.5 Å². The molecule has 1 aromatic heterocycles. The molecular weight excluding hydrogens is 450 g/mol. The summed E-state index contributed by atoms with van der Waals surface area (Å²) >= 11 is 6.02. The van der Waals surface area contributed by atoms with Crippen LogP contribution >= 0.6 is 11.6 Å². The number of benzene rings is 2. The molecule has 2 aromatic carbocycles. The fraction of sp³-hybridized carbons (Fsp3) is 0.167. The van der Waals surface area contributed by atoms with Gasteiger partial charge in [0.05, 0.1) is 19.2 Å². The van der Waals surface area contributed by atoms with Crippen molar-refractivity contribution >= 4 is 46.3 Å². The van der Waals surface area contributed by atoms with Crippen molar-refractivity contribution in [3.63, 3.8) is 0 Å². The van der Waals surface area contributed by atoms with E-state index >= 15 is 0 Å². The summed E-state index contributed by atoms with van der Waals surface area (Å²) in [6, 6.07) is 12.5. The molecule has 0 spiro atoms. The predicted octanol–water partition coefficient (Wildman–Crippen LogP) is 4.16. The SMILES string of the molecule is N#CC1N(C(=O)CNC(=O)c2ccncc2/C=C/c2ccc3cc(Cl)ccc3c2)CC1(F)F. The Morgan fingerprint density at radius 1 is 1.21 bits per heavy atom. The first-order valence-electron chi connectivity index (χ1n) is 9.95. The first-order valence-corrected chi connectivity index (χ1v) is 10.3. The van der Waals surface area contributed by atoms with Crippen LogP contribution in [0.4, 0.5) is 8.78 Å². The monoisotopic (exact) mass is 466 g/mol. The molecule has 166 valence electrons. The predicted molar refractivity (Wildman–Crippen MR) is 121 cm³/mol. The van der Waals surface area contributed by atoms with E-state index in [-0.39, 0.29) is 5.56 Å². The fourth-order valence-corrected chi connectivity index (χ4v) is 3.72. The van der Waals surface area contributed by atoms with E-state index in [0.29, 0.717) is 10.6 Å². The van der Waals surface area contributed by atoms with Crippen molar-refractivity contribution in [2.24, 2.45) is 0 Å². The van der Waals surface area contributed by atoms with Gasteiger partial charge in [-0.25, -0.2) is 8.78 Å². The zero-order valence-corrected chi connectivity index (χ0v) is 17.9. The molecule has 1 N–H and O–H groups in total. The van der Waals surface area contributed by atoms with Gasteiger partial charge in [-0.1, -0.05) is 42.0 Å². The lowest BCUT2D eigenvalue weighted by molar-refractivity contribution is -0.180. The van der Waals surface area contributed by atoms with Crippen LogP contribution in [0.2, 0.25) is 5.02 Å². The summed E-state index contributed by atoms with van der Waals surface area (Å²) in [5.41, 5.74) is 1.69. The minimum absolute atomic E-state index is 0.271. The largest absolute Gasteiger partial charge is 0.343 e. The molecule has 1 fully saturated rings. The van der Waals surface area contributed by atoms with Crippen LogP contribution in [0.25, 0.3) is 22.9 Å². The molecule has 1 atom stereocenters. The lowest BCUT2D eigenvalue weighted by Crippen LogP contribution is -2.67. The van der Waals surface area contributed by atoms with Crippen molar-refractivity contribution in [3.8, 4) is 6.07 Å². The maximum absolute atomic E-state index is 13.3. The van der Waals surface area contributed by atoms with Crippen LogP contribution < -0.4 is 5.32 Å². The molecule has 1 aliphatic heterocycles.